The lowest BCUT2D eigenvalue weighted by Gasteiger charge is -2.24. The van der Waals surface area contributed by atoms with E-state index in [0.29, 0.717) is 23.1 Å². The Morgan fingerprint density at radius 1 is 1.23 bits per heavy atom. The first-order chi connectivity index (χ1) is 10.3. The Hall–Kier alpha value is -2.04. The van der Waals surface area contributed by atoms with Gasteiger partial charge in [-0.15, -0.1) is 0 Å². The van der Waals surface area contributed by atoms with Crippen molar-refractivity contribution in [2.24, 2.45) is 5.92 Å². The summed E-state index contributed by atoms with van der Waals surface area (Å²) in [5, 5.41) is 2.25. The lowest BCUT2D eigenvalue weighted by Crippen LogP contribution is -2.41. The van der Waals surface area contributed by atoms with E-state index in [0.717, 1.165) is 11.9 Å². The minimum atomic E-state index is -0.673. The molecule has 0 bridgehead atoms. The van der Waals surface area contributed by atoms with Gasteiger partial charge < -0.3 is 4.79 Å². The molecule has 4 nitrogen and oxygen atoms in total. The van der Waals surface area contributed by atoms with E-state index in [1.807, 2.05) is 0 Å². The van der Waals surface area contributed by atoms with Gasteiger partial charge in [-0.25, -0.2) is 4.39 Å². The van der Waals surface area contributed by atoms with Crippen LogP contribution in [0.15, 0.2) is 34.2 Å². The Kier molecular flexibility index (Phi) is 6.40. The molecule has 0 aromatic rings. The highest BCUT2D eigenvalue weighted by molar-refractivity contribution is 6.00. The maximum atomic E-state index is 14.7. The van der Waals surface area contributed by atoms with E-state index in [1.54, 1.807) is 27.7 Å². The number of hydrogen-bond donors (Lipinski definition) is 1. The van der Waals surface area contributed by atoms with E-state index in [2.05, 4.69) is 5.32 Å². The number of aldehydes is 1. The minimum Gasteiger partial charge on any atom is -0.303 e. The highest BCUT2D eigenvalue weighted by atomic mass is 19.1. The van der Waals surface area contributed by atoms with Crippen molar-refractivity contribution in [3.63, 3.8) is 0 Å². The van der Waals surface area contributed by atoms with Crippen LogP contribution in [-0.2, 0) is 14.4 Å². The molecule has 1 aliphatic heterocycles. The number of imide groups is 1. The van der Waals surface area contributed by atoms with Gasteiger partial charge in [0.05, 0.1) is 5.92 Å². The molecule has 22 heavy (non-hydrogen) atoms. The molecule has 1 rings (SSSR count). The molecule has 1 unspecified atom stereocenters. The number of carbonyl (C=O) groups excluding carboxylic acids is 3. The zero-order chi connectivity index (χ0) is 16.9. The van der Waals surface area contributed by atoms with Crippen molar-refractivity contribution in [3.05, 3.63) is 34.2 Å². The third-order valence-electron chi connectivity index (χ3n) is 3.63. The third kappa shape index (κ3) is 4.48. The topological polar surface area (TPSA) is 63.2 Å². The molecule has 1 N–H and O–H groups in total. The van der Waals surface area contributed by atoms with Gasteiger partial charge in [-0.2, -0.15) is 0 Å². The Balaban J connectivity index is 3.19. The summed E-state index contributed by atoms with van der Waals surface area (Å²) in [6.07, 6.45) is 2.66. The van der Waals surface area contributed by atoms with Crippen LogP contribution in [0.2, 0.25) is 0 Å². The molecule has 1 fully saturated rings. The fourth-order valence-electron chi connectivity index (χ4n) is 2.45. The summed E-state index contributed by atoms with van der Waals surface area (Å²) in [5.41, 5.74) is 2.43. The maximum absolute atomic E-state index is 14.7. The molecule has 5 heteroatoms. The van der Waals surface area contributed by atoms with Gasteiger partial charge in [-0.1, -0.05) is 11.1 Å². The number of nitrogens with one attached hydrogen (secondary N) is 1. The van der Waals surface area contributed by atoms with Crippen molar-refractivity contribution in [1.82, 2.24) is 5.32 Å². The fraction of sp³-hybridized carbons (Fsp3) is 0.471. The van der Waals surface area contributed by atoms with Crippen molar-refractivity contribution in [2.75, 3.05) is 0 Å². The first-order valence-electron chi connectivity index (χ1n) is 7.26. The first kappa shape index (κ1) is 18.0. The molecule has 0 aliphatic carbocycles. The van der Waals surface area contributed by atoms with Crippen molar-refractivity contribution < 1.29 is 18.8 Å². The van der Waals surface area contributed by atoms with Crippen molar-refractivity contribution >= 4 is 18.1 Å². The number of piperidine rings is 1. The van der Waals surface area contributed by atoms with E-state index in [4.69, 9.17) is 0 Å². The standard InChI is InChI=1S/C17H22FNO3/c1-10(2)12(7-8-20)9-14(18)16(11(3)4)13-5-6-15(21)19-17(13)22/h8-9,13H,5-7H2,1-4H3,(H,19,21,22)/b14-9+. The highest BCUT2D eigenvalue weighted by Crippen LogP contribution is 2.31. The third-order valence-corrected chi connectivity index (χ3v) is 3.63. The molecule has 0 saturated carbocycles. The summed E-state index contributed by atoms with van der Waals surface area (Å²) in [6, 6.07) is 0. The highest BCUT2D eigenvalue weighted by Gasteiger charge is 2.32. The molecule has 1 atom stereocenters. The van der Waals surface area contributed by atoms with Crippen LogP contribution in [0.1, 0.15) is 47.0 Å². The second kappa shape index (κ2) is 7.82. The van der Waals surface area contributed by atoms with Gasteiger partial charge in [-0.05, 0) is 51.3 Å². The van der Waals surface area contributed by atoms with Crippen molar-refractivity contribution in [1.29, 1.82) is 0 Å². The van der Waals surface area contributed by atoms with Crippen LogP contribution in [0.4, 0.5) is 4.39 Å². The first-order valence-corrected chi connectivity index (χ1v) is 7.26. The molecule has 1 saturated heterocycles. The average Bonchev–Trinajstić information content (AvgIpc) is 2.40. The van der Waals surface area contributed by atoms with Crippen LogP contribution in [0.5, 0.6) is 0 Å². The van der Waals surface area contributed by atoms with Crippen molar-refractivity contribution in [3.8, 4) is 0 Å². The average molecular weight is 307 g/mol. The number of allylic oxidation sites excluding steroid dienone is 5. The van der Waals surface area contributed by atoms with Gasteiger partial charge in [0.25, 0.3) is 0 Å². The fourth-order valence-corrected chi connectivity index (χ4v) is 2.45. The quantitative estimate of drug-likeness (QED) is 0.482. The van der Waals surface area contributed by atoms with E-state index >= 15 is 0 Å². The van der Waals surface area contributed by atoms with E-state index < -0.39 is 17.7 Å². The van der Waals surface area contributed by atoms with Gasteiger partial charge in [0, 0.05) is 12.8 Å². The van der Waals surface area contributed by atoms with Crippen LogP contribution in [0.3, 0.4) is 0 Å². The van der Waals surface area contributed by atoms with Crippen molar-refractivity contribution in [2.45, 2.75) is 47.0 Å². The van der Waals surface area contributed by atoms with Crippen LogP contribution < -0.4 is 5.32 Å². The van der Waals surface area contributed by atoms with E-state index in [1.165, 1.54) is 6.08 Å². The Labute approximate surface area is 130 Å². The van der Waals surface area contributed by atoms with E-state index in [-0.39, 0.29) is 18.7 Å². The molecule has 2 amide bonds. The zero-order valence-electron chi connectivity index (χ0n) is 13.5. The number of halogens is 1. The smallest absolute Gasteiger partial charge is 0.234 e. The van der Waals surface area contributed by atoms with Gasteiger partial charge in [0.2, 0.25) is 11.8 Å². The summed E-state index contributed by atoms with van der Waals surface area (Å²) in [7, 11) is 0. The number of carbonyl (C=O) groups is 3. The Morgan fingerprint density at radius 2 is 1.86 bits per heavy atom. The minimum absolute atomic E-state index is 0.126. The number of amides is 2. The van der Waals surface area contributed by atoms with Crippen LogP contribution in [-0.4, -0.2) is 18.1 Å². The molecular weight excluding hydrogens is 285 g/mol. The molecule has 0 aromatic carbocycles. The summed E-state index contributed by atoms with van der Waals surface area (Å²) in [6.45, 7) is 7.07. The summed E-state index contributed by atoms with van der Waals surface area (Å²) in [4.78, 5) is 33.9. The molecule has 0 aromatic heterocycles. The van der Waals surface area contributed by atoms with Gasteiger partial charge in [-0.3, -0.25) is 14.9 Å². The Bertz CT molecular complexity index is 577. The molecule has 120 valence electrons. The lowest BCUT2D eigenvalue weighted by atomic mass is 9.86. The second-order valence-corrected chi connectivity index (χ2v) is 5.81. The van der Waals surface area contributed by atoms with Crippen LogP contribution in [0.25, 0.3) is 0 Å². The largest absolute Gasteiger partial charge is 0.303 e. The zero-order valence-corrected chi connectivity index (χ0v) is 13.5. The molecule has 0 spiro atoms. The van der Waals surface area contributed by atoms with Gasteiger partial charge in [0.1, 0.15) is 12.1 Å². The summed E-state index contributed by atoms with van der Waals surface area (Å²) in [5.74, 6) is -1.99. The predicted octanol–water partition coefficient (Wildman–Crippen LogP) is 3.15. The monoisotopic (exact) mass is 307 g/mol. The van der Waals surface area contributed by atoms with Gasteiger partial charge in [0.15, 0.2) is 0 Å². The van der Waals surface area contributed by atoms with Crippen LogP contribution in [0, 0.1) is 5.92 Å². The second-order valence-electron chi connectivity index (χ2n) is 5.81. The molecular formula is C17H22FNO3. The normalized spacial score (nSPS) is 18.6. The molecule has 1 aliphatic rings. The maximum Gasteiger partial charge on any atom is 0.234 e. The molecule has 1 heterocycles. The summed E-state index contributed by atoms with van der Waals surface area (Å²) >= 11 is 0. The lowest BCUT2D eigenvalue weighted by molar-refractivity contribution is -0.135. The number of rotatable bonds is 5. The SMILES string of the molecule is CC(C)=C(/C=C(/F)C(=C(C)C)C1CCC(=O)NC1=O)CC=O. The van der Waals surface area contributed by atoms with E-state index in [9.17, 15) is 18.8 Å². The Morgan fingerprint density at radius 3 is 2.32 bits per heavy atom. The predicted molar refractivity (Wildman–Crippen MR) is 82.5 cm³/mol. The summed E-state index contributed by atoms with van der Waals surface area (Å²) < 4.78 is 14.7. The number of hydrogen-bond acceptors (Lipinski definition) is 3. The van der Waals surface area contributed by atoms with Crippen LogP contribution >= 0.6 is 0 Å². The van der Waals surface area contributed by atoms with Gasteiger partial charge >= 0.3 is 0 Å². The molecule has 0 radical (unpaired) electrons.